The highest BCUT2D eigenvalue weighted by molar-refractivity contribution is 5.82. The molecule has 1 amide bonds. The van der Waals surface area contributed by atoms with Crippen LogP contribution in [0.2, 0.25) is 0 Å². The van der Waals surface area contributed by atoms with Crippen LogP contribution in [-0.4, -0.2) is 45.9 Å². The number of methoxy groups -OCH3 is 2. The van der Waals surface area contributed by atoms with E-state index in [1.165, 1.54) is 11.1 Å². The Bertz CT molecular complexity index is 2290. The summed E-state index contributed by atoms with van der Waals surface area (Å²) in [4.78, 5) is 26.8. The zero-order valence-electron chi connectivity index (χ0n) is 33.7. The highest BCUT2D eigenvalue weighted by atomic mass is 16.5. The van der Waals surface area contributed by atoms with E-state index >= 15 is 0 Å². The lowest BCUT2D eigenvalue weighted by molar-refractivity contribution is -0.120. The van der Waals surface area contributed by atoms with E-state index in [2.05, 4.69) is 104 Å². The van der Waals surface area contributed by atoms with Gasteiger partial charge < -0.3 is 24.3 Å². The van der Waals surface area contributed by atoms with Crippen molar-refractivity contribution in [3.8, 4) is 28.4 Å². The van der Waals surface area contributed by atoms with Crippen molar-refractivity contribution < 1.29 is 28.5 Å². The third-order valence-electron chi connectivity index (χ3n) is 10.8. The number of hydrogen-bond donors (Lipinski definition) is 2. The van der Waals surface area contributed by atoms with Crippen LogP contribution in [0.25, 0.3) is 11.1 Å². The minimum absolute atomic E-state index is 0.0776. The van der Waals surface area contributed by atoms with E-state index < -0.39 is 12.1 Å². The van der Waals surface area contributed by atoms with Crippen molar-refractivity contribution in [2.75, 3.05) is 34.0 Å². The van der Waals surface area contributed by atoms with Crippen molar-refractivity contribution in [2.24, 2.45) is 0 Å². The van der Waals surface area contributed by atoms with Crippen molar-refractivity contribution in [1.82, 2.24) is 10.6 Å². The molecule has 6 aromatic rings. The highest BCUT2D eigenvalue weighted by Crippen LogP contribution is 2.44. The highest BCUT2D eigenvalue weighted by Gasteiger charge is 2.30. The van der Waals surface area contributed by atoms with Gasteiger partial charge in [-0.3, -0.25) is 10.1 Å². The Balaban J connectivity index is 1.02. The number of ether oxygens (including phenoxy) is 4. The maximum atomic E-state index is 13.6. The largest absolute Gasteiger partial charge is 0.497 e. The summed E-state index contributed by atoms with van der Waals surface area (Å²) in [5, 5.41) is 6.56. The SMILES string of the molecule is COc1ccc(C(NC(=O)OCC2c3ccccc3-c3ccccc32)c2ccc(OCC(=O)CNC(c3ccc(C)cc3)c3ccc(C(C)C)cc3)cc2)c(OC)c1. The summed E-state index contributed by atoms with van der Waals surface area (Å²) < 4.78 is 23.1. The molecular weight excluding hydrogens is 725 g/mol. The van der Waals surface area contributed by atoms with Crippen molar-refractivity contribution in [1.29, 1.82) is 0 Å². The molecule has 8 heteroatoms. The Morgan fingerprint density at radius 1 is 0.638 bits per heavy atom. The molecule has 2 N–H and O–H groups in total. The molecule has 0 aromatic heterocycles. The Hall–Kier alpha value is -6.38. The zero-order chi connectivity index (χ0) is 40.6. The van der Waals surface area contributed by atoms with E-state index in [0.717, 1.165) is 38.9 Å². The van der Waals surface area contributed by atoms with Gasteiger partial charge in [0.05, 0.1) is 32.8 Å². The fourth-order valence-electron chi connectivity index (χ4n) is 7.60. The number of fused-ring (bicyclic) bond motifs is 3. The molecule has 2 atom stereocenters. The summed E-state index contributed by atoms with van der Waals surface area (Å²) in [6, 6.07) is 45.4. The molecule has 0 bridgehead atoms. The van der Waals surface area contributed by atoms with E-state index in [1.807, 2.05) is 48.5 Å². The van der Waals surface area contributed by atoms with Crippen molar-refractivity contribution in [3.05, 3.63) is 184 Å². The first-order chi connectivity index (χ1) is 28.2. The Kier molecular flexibility index (Phi) is 12.5. The predicted molar refractivity (Wildman–Crippen MR) is 228 cm³/mol. The van der Waals surface area contributed by atoms with E-state index in [-0.39, 0.29) is 37.5 Å². The first kappa shape index (κ1) is 39.8. The average molecular weight is 775 g/mol. The van der Waals surface area contributed by atoms with Gasteiger partial charge in [-0.25, -0.2) is 4.79 Å². The number of carbonyl (C=O) groups excluding carboxylic acids is 2. The first-order valence-corrected chi connectivity index (χ1v) is 19.7. The molecule has 1 aliphatic rings. The molecule has 8 nitrogen and oxygen atoms in total. The van der Waals surface area contributed by atoms with Gasteiger partial charge in [-0.15, -0.1) is 0 Å². The van der Waals surface area contributed by atoms with Crippen LogP contribution in [-0.2, 0) is 9.53 Å². The van der Waals surface area contributed by atoms with Crippen LogP contribution >= 0.6 is 0 Å². The van der Waals surface area contributed by atoms with Gasteiger partial charge in [-0.05, 0) is 81.6 Å². The zero-order valence-corrected chi connectivity index (χ0v) is 33.7. The minimum Gasteiger partial charge on any atom is -0.497 e. The number of rotatable bonds is 16. The summed E-state index contributed by atoms with van der Waals surface area (Å²) in [5.74, 6) is 1.96. The van der Waals surface area contributed by atoms with Crippen molar-refractivity contribution in [3.63, 3.8) is 0 Å². The smallest absolute Gasteiger partial charge is 0.407 e. The molecule has 58 heavy (non-hydrogen) atoms. The number of aryl methyl sites for hydroxylation is 1. The molecule has 0 saturated carbocycles. The lowest BCUT2D eigenvalue weighted by Crippen LogP contribution is -2.31. The van der Waals surface area contributed by atoms with E-state index in [1.54, 1.807) is 32.4 Å². The number of amides is 1. The Morgan fingerprint density at radius 3 is 1.79 bits per heavy atom. The molecular formula is C50H50N2O6. The number of hydrogen-bond acceptors (Lipinski definition) is 7. The number of ketones is 1. The van der Waals surface area contributed by atoms with Crippen LogP contribution in [0.4, 0.5) is 4.79 Å². The van der Waals surface area contributed by atoms with Crippen LogP contribution in [0.15, 0.2) is 140 Å². The fourth-order valence-corrected chi connectivity index (χ4v) is 7.60. The molecule has 296 valence electrons. The number of nitrogens with one attached hydrogen (secondary N) is 2. The van der Waals surface area contributed by atoms with Gasteiger partial charge in [-0.1, -0.05) is 129 Å². The second kappa shape index (κ2) is 18.3. The molecule has 1 aliphatic carbocycles. The quantitative estimate of drug-likeness (QED) is 0.101. The van der Waals surface area contributed by atoms with Crippen molar-refractivity contribution in [2.45, 2.75) is 44.7 Å². The summed E-state index contributed by atoms with van der Waals surface area (Å²) in [5.41, 5.74) is 10.7. The Labute approximate surface area is 341 Å². The molecule has 2 unspecified atom stereocenters. The van der Waals surface area contributed by atoms with Gasteiger partial charge in [0.2, 0.25) is 0 Å². The average Bonchev–Trinajstić information content (AvgIpc) is 3.58. The van der Waals surface area contributed by atoms with Crippen LogP contribution in [0, 0.1) is 6.92 Å². The molecule has 0 aliphatic heterocycles. The Morgan fingerprint density at radius 2 is 1.19 bits per heavy atom. The van der Waals surface area contributed by atoms with Gasteiger partial charge in [0.25, 0.3) is 0 Å². The van der Waals surface area contributed by atoms with E-state index in [4.69, 9.17) is 18.9 Å². The van der Waals surface area contributed by atoms with Gasteiger partial charge in [0.1, 0.15) is 30.5 Å². The van der Waals surface area contributed by atoms with Gasteiger partial charge in [0, 0.05) is 17.5 Å². The lowest BCUT2D eigenvalue weighted by atomic mass is 9.94. The van der Waals surface area contributed by atoms with Crippen LogP contribution in [0.5, 0.6) is 17.2 Å². The van der Waals surface area contributed by atoms with Crippen molar-refractivity contribution >= 4 is 11.9 Å². The monoisotopic (exact) mass is 774 g/mol. The molecule has 0 radical (unpaired) electrons. The molecule has 0 saturated heterocycles. The topological polar surface area (TPSA) is 95.1 Å². The van der Waals surface area contributed by atoms with Crippen LogP contribution in [0.3, 0.4) is 0 Å². The molecule has 6 aromatic carbocycles. The summed E-state index contributed by atoms with van der Waals surface area (Å²) in [6.45, 7) is 6.63. The first-order valence-electron chi connectivity index (χ1n) is 19.7. The summed E-state index contributed by atoms with van der Waals surface area (Å²) >= 11 is 0. The minimum atomic E-state index is -0.635. The molecule has 0 fully saturated rings. The molecule has 7 rings (SSSR count). The number of Topliss-reactive ketones (excluding diaryl/α,β-unsaturated/α-hetero) is 1. The van der Waals surface area contributed by atoms with Gasteiger partial charge in [-0.2, -0.15) is 0 Å². The maximum absolute atomic E-state index is 13.6. The third-order valence-corrected chi connectivity index (χ3v) is 10.8. The number of benzene rings is 6. The molecule has 0 heterocycles. The number of alkyl carbamates (subject to hydrolysis) is 1. The van der Waals surface area contributed by atoms with E-state index in [0.29, 0.717) is 28.7 Å². The standard InChI is InChI=1S/C50H50N2O6/c1-32(2)34-18-20-36(21-19-34)48(35-16-14-33(3)15-17-35)51-29-38(53)30-57-39-24-22-37(23-25-39)49(45-27-26-40(55-4)28-47(45)56-5)52-50(54)58-31-46-43-12-8-6-10-41(43)42-11-7-9-13-44(42)46/h6-28,32,46,48-49,51H,29-31H2,1-5H3,(H,52,54). The lowest BCUT2D eigenvalue weighted by Gasteiger charge is -2.23. The second-order valence-corrected chi connectivity index (χ2v) is 15.0. The van der Waals surface area contributed by atoms with Crippen LogP contribution in [0.1, 0.15) is 82.3 Å². The van der Waals surface area contributed by atoms with Crippen LogP contribution < -0.4 is 24.8 Å². The summed E-state index contributed by atoms with van der Waals surface area (Å²) in [6.07, 6.45) is -0.567. The second-order valence-electron chi connectivity index (χ2n) is 15.0. The number of carbonyl (C=O) groups is 2. The van der Waals surface area contributed by atoms with Gasteiger partial charge in [0.15, 0.2) is 5.78 Å². The van der Waals surface area contributed by atoms with E-state index in [9.17, 15) is 9.59 Å². The summed E-state index contributed by atoms with van der Waals surface area (Å²) in [7, 11) is 3.17. The third kappa shape index (κ3) is 9.09. The van der Waals surface area contributed by atoms with Gasteiger partial charge >= 0.3 is 6.09 Å². The molecule has 0 spiro atoms. The normalized spacial score (nSPS) is 12.9. The maximum Gasteiger partial charge on any atom is 0.407 e. The predicted octanol–water partition coefficient (Wildman–Crippen LogP) is 10.1. The fraction of sp³-hybridized carbons (Fsp3) is 0.240.